The third-order valence-corrected chi connectivity index (χ3v) is 4.07. The SMILES string of the molecule is Cc1ccc2n(C)c(-c3ccc(/C=N/Nc4ncn[nH]4)cc3)c[n+]2c1. The van der Waals surface area contributed by atoms with E-state index in [9.17, 15) is 0 Å². The average Bonchev–Trinajstić information content (AvgIpc) is 3.24. The van der Waals surface area contributed by atoms with E-state index in [2.05, 4.69) is 85.3 Å². The van der Waals surface area contributed by atoms with Crippen LogP contribution in [0.25, 0.3) is 16.9 Å². The number of anilines is 1. The van der Waals surface area contributed by atoms with Crippen molar-refractivity contribution in [3.8, 4) is 11.3 Å². The highest BCUT2D eigenvalue weighted by Gasteiger charge is 2.15. The molecule has 3 heterocycles. The molecule has 0 unspecified atom stereocenters. The minimum absolute atomic E-state index is 0.510. The van der Waals surface area contributed by atoms with Gasteiger partial charge in [-0.2, -0.15) is 15.2 Å². The Labute approximate surface area is 144 Å². The molecule has 0 aliphatic rings. The molecular weight excluding hydrogens is 314 g/mol. The standard InChI is InChI=1S/C18H18N7/c1-13-3-8-17-24(2)16(11-25(17)10-13)15-6-4-14(5-7-15)9-20-22-18-19-12-21-23-18/h3-12H,1-2H3,(H2,19,21,22,23)/q+1/b20-9+. The van der Waals surface area contributed by atoms with Crippen LogP contribution in [0.15, 0.2) is 60.2 Å². The van der Waals surface area contributed by atoms with Gasteiger partial charge in [-0.1, -0.05) is 12.1 Å². The molecule has 0 spiro atoms. The molecule has 0 atom stereocenters. The third-order valence-electron chi connectivity index (χ3n) is 4.07. The van der Waals surface area contributed by atoms with Crippen molar-refractivity contribution >= 4 is 17.8 Å². The van der Waals surface area contributed by atoms with Crippen LogP contribution in [0.3, 0.4) is 0 Å². The van der Waals surface area contributed by atoms with E-state index in [1.165, 1.54) is 11.9 Å². The van der Waals surface area contributed by atoms with Crippen molar-refractivity contribution in [1.29, 1.82) is 0 Å². The third kappa shape index (κ3) is 2.99. The van der Waals surface area contributed by atoms with Gasteiger partial charge in [-0.05, 0) is 36.2 Å². The summed E-state index contributed by atoms with van der Waals surface area (Å²) in [4.78, 5) is 3.94. The van der Waals surface area contributed by atoms with Crippen molar-refractivity contribution < 1.29 is 4.40 Å². The second-order valence-electron chi connectivity index (χ2n) is 5.87. The highest BCUT2D eigenvalue weighted by Crippen LogP contribution is 2.20. The van der Waals surface area contributed by atoms with Gasteiger partial charge < -0.3 is 0 Å². The predicted molar refractivity (Wildman–Crippen MR) is 96.3 cm³/mol. The summed E-state index contributed by atoms with van der Waals surface area (Å²) in [7, 11) is 2.08. The van der Waals surface area contributed by atoms with Gasteiger partial charge in [-0.3, -0.25) is 0 Å². The summed E-state index contributed by atoms with van der Waals surface area (Å²) in [6.07, 6.45) is 7.45. The molecule has 1 aromatic carbocycles. The van der Waals surface area contributed by atoms with Crippen LogP contribution in [0.2, 0.25) is 0 Å². The fourth-order valence-corrected chi connectivity index (χ4v) is 2.79. The van der Waals surface area contributed by atoms with E-state index in [4.69, 9.17) is 0 Å². The van der Waals surface area contributed by atoms with Gasteiger partial charge in [0.1, 0.15) is 12.5 Å². The lowest BCUT2D eigenvalue weighted by atomic mass is 10.1. The first kappa shape index (κ1) is 15.1. The number of hydrogen-bond acceptors (Lipinski definition) is 4. The Hall–Kier alpha value is -3.48. The molecule has 0 radical (unpaired) electrons. The number of aromatic amines is 1. The number of aromatic nitrogens is 5. The smallest absolute Gasteiger partial charge is 0.246 e. The van der Waals surface area contributed by atoms with Crippen LogP contribution in [-0.2, 0) is 7.05 Å². The number of benzene rings is 1. The van der Waals surface area contributed by atoms with Crippen molar-refractivity contribution in [1.82, 2.24) is 19.7 Å². The van der Waals surface area contributed by atoms with E-state index in [0.29, 0.717) is 5.95 Å². The minimum Gasteiger partial charge on any atom is -0.246 e. The van der Waals surface area contributed by atoms with E-state index < -0.39 is 0 Å². The Kier molecular flexibility index (Phi) is 3.74. The number of imidazole rings is 1. The molecule has 0 bridgehead atoms. The Morgan fingerprint density at radius 2 is 2.00 bits per heavy atom. The average molecular weight is 332 g/mol. The molecule has 7 heteroatoms. The Morgan fingerprint density at radius 3 is 2.76 bits per heavy atom. The molecule has 0 saturated heterocycles. The van der Waals surface area contributed by atoms with Gasteiger partial charge in [0.2, 0.25) is 5.95 Å². The van der Waals surface area contributed by atoms with Gasteiger partial charge in [-0.25, -0.2) is 19.5 Å². The zero-order valence-corrected chi connectivity index (χ0v) is 14.0. The Morgan fingerprint density at radius 1 is 1.16 bits per heavy atom. The predicted octanol–water partition coefficient (Wildman–Crippen LogP) is 2.30. The number of nitrogens with one attached hydrogen (secondary N) is 2. The summed E-state index contributed by atoms with van der Waals surface area (Å²) in [6, 6.07) is 12.5. The molecular formula is C18H18N7+. The van der Waals surface area contributed by atoms with Gasteiger partial charge in [0.15, 0.2) is 5.69 Å². The quantitative estimate of drug-likeness (QED) is 0.342. The summed E-state index contributed by atoms with van der Waals surface area (Å²) in [6.45, 7) is 2.10. The maximum atomic E-state index is 4.13. The normalized spacial score (nSPS) is 11.4. The highest BCUT2D eigenvalue weighted by atomic mass is 15.4. The molecule has 2 N–H and O–H groups in total. The molecule has 0 aliphatic heterocycles. The summed E-state index contributed by atoms with van der Waals surface area (Å²) in [5.74, 6) is 0.510. The van der Waals surface area contributed by atoms with Gasteiger partial charge in [0.25, 0.3) is 5.65 Å². The van der Waals surface area contributed by atoms with E-state index in [1.807, 2.05) is 12.1 Å². The molecule has 4 aromatic rings. The number of rotatable bonds is 4. The van der Waals surface area contributed by atoms with Crippen LogP contribution in [0.4, 0.5) is 5.95 Å². The van der Waals surface area contributed by atoms with Crippen molar-refractivity contribution in [3.63, 3.8) is 0 Å². The zero-order valence-electron chi connectivity index (χ0n) is 14.0. The van der Waals surface area contributed by atoms with Crippen LogP contribution < -0.4 is 9.83 Å². The number of fused-ring (bicyclic) bond motifs is 1. The number of aryl methyl sites for hydroxylation is 2. The fraction of sp³-hybridized carbons (Fsp3) is 0.111. The van der Waals surface area contributed by atoms with Crippen LogP contribution in [-0.4, -0.2) is 26.0 Å². The first-order valence-corrected chi connectivity index (χ1v) is 7.93. The molecule has 3 aromatic heterocycles. The van der Waals surface area contributed by atoms with Crippen molar-refractivity contribution in [2.45, 2.75) is 6.92 Å². The van der Waals surface area contributed by atoms with Crippen LogP contribution in [0, 0.1) is 6.92 Å². The zero-order chi connectivity index (χ0) is 17.2. The second-order valence-corrected chi connectivity index (χ2v) is 5.87. The molecule has 4 rings (SSSR count). The lowest BCUT2D eigenvalue weighted by molar-refractivity contribution is -0.510. The van der Waals surface area contributed by atoms with Crippen molar-refractivity contribution in [3.05, 3.63) is 66.2 Å². The first-order chi connectivity index (χ1) is 12.2. The minimum atomic E-state index is 0.510. The highest BCUT2D eigenvalue weighted by molar-refractivity contribution is 5.81. The summed E-state index contributed by atoms with van der Waals surface area (Å²) in [5, 5.41) is 10.6. The molecule has 0 saturated carbocycles. The van der Waals surface area contributed by atoms with Crippen LogP contribution in [0.5, 0.6) is 0 Å². The van der Waals surface area contributed by atoms with E-state index in [-0.39, 0.29) is 0 Å². The monoisotopic (exact) mass is 332 g/mol. The topological polar surface area (TPSA) is 75.0 Å². The van der Waals surface area contributed by atoms with Gasteiger partial charge in [0, 0.05) is 11.6 Å². The fourth-order valence-electron chi connectivity index (χ4n) is 2.79. The van der Waals surface area contributed by atoms with Gasteiger partial charge in [0.05, 0.1) is 19.5 Å². The van der Waals surface area contributed by atoms with Crippen LogP contribution in [0.1, 0.15) is 11.1 Å². The lowest BCUT2D eigenvalue weighted by Crippen LogP contribution is -2.18. The number of H-pyrrole nitrogens is 1. The number of nitrogens with zero attached hydrogens (tertiary/aromatic N) is 5. The molecule has 124 valence electrons. The molecule has 0 fully saturated rings. The maximum absolute atomic E-state index is 4.13. The van der Waals surface area contributed by atoms with Gasteiger partial charge >= 0.3 is 0 Å². The lowest BCUT2D eigenvalue weighted by Gasteiger charge is -1.99. The first-order valence-electron chi connectivity index (χ1n) is 7.93. The number of hydrazone groups is 1. The summed E-state index contributed by atoms with van der Waals surface area (Å²) in [5.41, 5.74) is 8.49. The largest absolute Gasteiger partial charge is 0.286 e. The van der Waals surface area contributed by atoms with Crippen molar-refractivity contribution in [2.75, 3.05) is 5.43 Å². The van der Waals surface area contributed by atoms with Crippen LogP contribution >= 0.6 is 0 Å². The summed E-state index contributed by atoms with van der Waals surface area (Å²) < 4.78 is 4.34. The van der Waals surface area contributed by atoms with E-state index >= 15 is 0 Å². The molecule has 0 aliphatic carbocycles. The number of hydrogen-bond donors (Lipinski definition) is 2. The molecule has 25 heavy (non-hydrogen) atoms. The van der Waals surface area contributed by atoms with Crippen molar-refractivity contribution in [2.24, 2.45) is 12.1 Å². The second kappa shape index (κ2) is 6.20. The molecule has 7 nitrogen and oxygen atoms in total. The molecule has 0 amide bonds. The number of pyridine rings is 1. The van der Waals surface area contributed by atoms with E-state index in [1.54, 1.807) is 6.21 Å². The summed E-state index contributed by atoms with van der Waals surface area (Å²) >= 11 is 0. The maximum Gasteiger partial charge on any atom is 0.286 e. The van der Waals surface area contributed by atoms with E-state index in [0.717, 1.165) is 22.5 Å². The van der Waals surface area contributed by atoms with Gasteiger partial charge in [-0.15, -0.1) is 0 Å². The Bertz CT molecular complexity index is 1030. The Balaban J connectivity index is 1.57.